The summed E-state index contributed by atoms with van der Waals surface area (Å²) in [6.45, 7) is 3.52. The van der Waals surface area contributed by atoms with Gasteiger partial charge in [-0.3, -0.25) is 4.68 Å². The van der Waals surface area contributed by atoms with Crippen molar-refractivity contribution in [2.45, 2.75) is 38.8 Å². The molecule has 0 fully saturated rings. The summed E-state index contributed by atoms with van der Waals surface area (Å²) in [5.74, 6) is 0.541. The molecule has 0 amide bonds. The van der Waals surface area contributed by atoms with Gasteiger partial charge in [-0.25, -0.2) is 4.99 Å². The summed E-state index contributed by atoms with van der Waals surface area (Å²) in [6.07, 6.45) is -0.955. The highest BCUT2D eigenvalue weighted by atomic mass is 127. The van der Waals surface area contributed by atoms with Crippen LogP contribution in [-0.4, -0.2) is 46.7 Å². The lowest BCUT2D eigenvalue weighted by Crippen LogP contribution is -2.44. The second-order valence-electron chi connectivity index (χ2n) is 7.15. The van der Waals surface area contributed by atoms with Crippen molar-refractivity contribution in [3.05, 3.63) is 53.3 Å². The highest BCUT2D eigenvalue weighted by Crippen LogP contribution is 2.18. The Hall–Kier alpha value is -1.86. The molecule has 2 aromatic rings. The van der Waals surface area contributed by atoms with Crippen LogP contribution in [-0.2, 0) is 30.5 Å². The van der Waals surface area contributed by atoms with E-state index in [0.29, 0.717) is 30.2 Å². The zero-order chi connectivity index (χ0) is 22.2. The van der Waals surface area contributed by atoms with Crippen molar-refractivity contribution in [2.75, 3.05) is 19.7 Å². The molecule has 7 nitrogen and oxygen atoms in total. The van der Waals surface area contributed by atoms with Gasteiger partial charge in [-0.15, -0.1) is 24.0 Å². The number of benzene rings is 1. The van der Waals surface area contributed by atoms with Gasteiger partial charge in [0.1, 0.15) is 12.2 Å². The molecule has 1 aromatic carbocycles. The number of nitrogens with one attached hydrogen (secondary N) is 2. The van der Waals surface area contributed by atoms with Crippen molar-refractivity contribution in [1.82, 2.24) is 20.4 Å². The molecule has 3 N–H and O–H groups in total. The van der Waals surface area contributed by atoms with Crippen LogP contribution in [0.25, 0.3) is 0 Å². The van der Waals surface area contributed by atoms with Crippen molar-refractivity contribution < 1.29 is 23.0 Å². The fraction of sp³-hybridized carbons (Fsp3) is 0.500. The number of nitrogens with zero attached hydrogens (tertiary/aromatic N) is 3. The molecule has 0 radical (unpaired) electrons. The second kappa shape index (κ2) is 12.2. The maximum atomic E-state index is 12.1. The van der Waals surface area contributed by atoms with Crippen molar-refractivity contribution in [1.29, 1.82) is 0 Å². The summed E-state index contributed by atoms with van der Waals surface area (Å²) in [5, 5.41) is 21.0. The van der Waals surface area contributed by atoms with E-state index in [1.54, 1.807) is 55.3 Å². The molecule has 0 aliphatic carbocycles. The first-order chi connectivity index (χ1) is 14.1. The summed E-state index contributed by atoms with van der Waals surface area (Å²) in [5.41, 5.74) is 1.12. The fourth-order valence-corrected chi connectivity index (χ4v) is 2.59. The molecule has 1 unspecified atom stereocenters. The number of guanidine groups is 1. The molecule has 0 aliphatic rings. The Bertz CT molecular complexity index is 823. The minimum atomic E-state index is -4.33. The predicted octanol–water partition coefficient (Wildman–Crippen LogP) is 3.08. The lowest BCUT2D eigenvalue weighted by molar-refractivity contribution is -0.176. The summed E-state index contributed by atoms with van der Waals surface area (Å²) in [6, 6.07) is 7.03. The Morgan fingerprint density at radius 1 is 1.19 bits per heavy atom. The van der Waals surface area contributed by atoms with Crippen LogP contribution in [0.2, 0.25) is 0 Å². The van der Waals surface area contributed by atoms with Gasteiger partial charge in [-0.1, -0.05) is 24.3 Å². The van der Waals surface area contributed by atoms with E-state index in [1.807, 2.05) is 6.92 Å². The molecule has 0 bridgehead atoms. The number of halogens is 4. The van der Waals surface area contributed by atoms with Gasteiger partial charge in [0.05, 0.1) is 25.9 Å². The van der Waals surface area contributed by atoms with Gasteiger partial charge in [0.25, 0.3) is 0 Å². The zero-order valence-corrected chi connectivity index (χ0v) is 20.1. The summed E-state index contributed by atoms with van der Waals surface area (Å²) in [4.78, 5) is 4.49. The summed E-state index contributed by atoms with van der Waals surface area (Å²) in [7, 11) is 1.78. The molecule has 11 heteroatoms. The van der Waals surface area contributed by atoms with E-state index >= 15 is 0 Å². The first kappa shape index (κ1) is 27.2. The highest BCUT2D eigenvalue weighted by molar-refractivity contribution is 14.0. The summed E-state index contributed by atoms with van der Waals surface area (Å²) < 4.78 is 42.7. The average Bonchev–Trinajstić information content (AvgIpc) is 3.11. The number of aliphatic imine (C=N–C) groups is 1. The third-order valence-corrected chi connectivity index (χ3v) is 4.25. The van der Waals surface area contributed by atoms with Crippen molar-refractivity contribution in [3.8, 4) is 0 Å². The van der Waals surface area contributed by atoms with E-state index in [9.17, 15) is 18.3 Å². The Labute approximate surface area is 197 Å². The number of ether oxygens (including phenoxy) is 1. The molecule has 1 heterocycles. The van der Waals surface area contributed by atoms with E-state index in [0.717, 1.165) is 5.56 Å². The van der Waals surface area contributed by atoms with Crippen LogP contribution in [0, 0.1) is 0 Å². The first-order valence-electron chi connectivity index (χ1n) is 9.55. The van der Waals surface area contributed by atoms with E-state index in [1.165, 1.54) is 0 Å². The van der Waals surface area contributed by atoms with Gasteiger partial charge < -0.3 is 20.5 Å². The van der Waals surface area contributed by atoms with E-state index in [4.69, 9.17) is 0 Å². The first-order valence-corrected chi connectivity index (χ1v) is 9.55. The number of hydrogen-bond acceptors (Lipinski definition) is 4. The number of aryl methyl sites for hydroxylation is 1. The van der Waals surface area contributed by atoms with Crippen molar-refractivity contribution >= 4 is 29.9 Å². The van der Waals surface area contributed by atoms with Gasteiger partial charge in [-0.2, -0.15) is 18.3 Å². The predicted molar refractivity (Wildman–Crippen MR) is 123 cm³/mol. The molecule has 0 aliphatic heterocycles. The standard InChI is InChI=1S/C20H28F3N5O2.HI/c1-4-24-18(26-13-19(2,29)17-10-27-28(3)11-17)25-9-15-5-7-16(8-6-15)12-30-14-20(21,22)23;/h5-8,10-11,29H,4,9,12-14H2,1-3H3,(H2,24,25,26);1H. The minimum Gasteiger partial charge on any atom is -0.383 e. The van der Waals surface area contributed by atoms with Crippen LogP contribution >= 0.6 is 24.0 Å². The maximum absolute atomic E-state index is 12.1. The van der Waals surface area contributed by atoms with E-state index < -0.39 is 18.4 Å². The van der Waals surface area contributed by atoms with Gasteiger partial charge in [0.2, 0.25) is 0 Å². The van der Waals surface area contributed by atoms with Crippen molar-refractivity contribution in [3.63, 3.8) is 0 Å². The normalized spacial score (nSPS) is 14.0. The number of aliphatic hydroxyl groups is 1. The fourth-order valence-electron chi connectivity index (χ4n) is 2.59. The van der Waals surface area contributed by atoms with Gasteiger partial charge >= 0.3 is 6.18 Å². The molecule has 174 valence electrons. The van der Waals surface area contributed by atoms with Gasteiger partial charge in [0, 0.05) is 25.4 Å². The van der Waals surface area contributed by atoms with Crippen LogP contribution in [0.3, 0.4) is 0 Å². The Balaban J connectivity index is 0.00000480. The largest absolute Gasteiger partial charge is 0.411 e. The molecule has 2 rings (SSSR count). The van der Waals surface area contributed by atoms with Crippen LogP contribution in [0.4, 0.5) is 13.2 Å². The molecule has 1 aromatic heterocycles. The molecule has 0 spiro atoms. The van der Waals surface area contributed by atoms with Crippen LogP contribution in [0.1, 0.15) is 30.5 Å². The minimum absolute atomic E-state index is 0. The second-order valence-corrected chi connectivity index (χ2v) is 7.15. The SMILES string of the molecule is CCNC(=NCc1ccc(COCC(F)(F)F)cc1)NCC(C)(O)c1cnn(C)c1.I. The van der Waals surface area contributed by atoms with Crippen molar-refractivity contribution in [2.24, 2.45) is 12.0 Å². The topological polar surface area (TPSA) is 83.7 Å². The smallest absolute Gasteiger partial charge is 0.383 e. The quantitative estimate of drug-likeness (QED) is 0.252. The number of alkyl halides is 3. The monoisotopic (exact) mass is 555 g/mol. The van der Waals surface area contributed by atoms with E-state index in [-0.39, 0.29) is 37.1 Å². The third kappa shape index (κ3) is 9.87. The van der Waals surface area contributed by atoms with Crippen LogP contribution in [0.15, 0.2) is 41.7 Å². The Morgan fingerprint density at radius 3 is 2.39 bits per heavy atom. The summed E-state index contributed by atoms with van der Waals surface area (Å²) >= 11 is 0. The maximum Gasteiger partial charge on any atom is 0.411 e. The zero-order valence-electron chi connectivity index (χ0n) is 17.7. The Kier molecular flexibility index (Phi) is 10.7. The lowest BCUT2D eigenvalue weighted by atomic mass is 10.00. The van der Waals surface area contributed by atoms with Gasteiger partial charge in [0.15, 0.2) is 5.96 Å². The number of rotatable bonds is 9. The number of aromatic nitrogens is 2. The molecule has 0 saturated heterocycles. The Morgan fingerprint density at radius 2 is 1.84 bits per heavy atom. The van der Waals surface area contributed by atoms with Crippen LogP contribution in [0.5, 0.6) is 0 Å². The molecule has 31 heavy (non-hydrogen) atoms. The average molecular weight is 555 g/mol. The molecule has 0 saturated carbocycles. The van der Waals surface area contributed by atoms with Crippen LogP contribution < -0.4 is 10.6 Å². The molecular formula is C20H29F3IN5O2. The molecule has 1 atom stereocenters. The highest BCUT2D eigenvalue weighted by Gasteiger charge is 2.27. The van der Waals surface area contributed by atoms with Gasteiger partial charge in [-0.05, 0) is 25.0 Å². The van der Waals surface area contributed by atoms with E-state index in [2.05, 4.69) is 25.5 Å². The third-order valence-electron chi connectivity index (χ3n) is 4.25. The number of hydrogen-bond donors (Lipinski definition) is 3. The molecular weight excluding hydrogens is 526 g/mol. The lowest BCUT2D eigenvalue weighted by Gasteiger charge is -2.23.